The van der Waals surface area contributed by atoms with Crippen molar-refractivity contribution in [1.82, 2.24) is 14.9 Å². The summed E-state index contributed by atoms with van der Waals surface area (Å²) in [4.78, 5) is 23.9. The molecule has 1 saturated carbocycles. The number of halogens is 1. The van der Waals surface area contributed by atoms with Crippen molar-refractivity contribution >= 4 is 11.9 Å². The Morgan fingerprint density at radius 2 is 1.78 bits per heavy atom. The van der Waals surface area contributed by atoms with Crippen molar-refractivity contribution < 1.29 is 9.18 Å². The summed E-state index contributed by atoms with van der Waals surface area (Å²) >= 11 is 0. The average Bonchev–Trinajstić information content (AvgIpc) is 3.23. The zero-order valence-corrected chi connectivity index (χ0v) is 15.4. The Labute approximate surface area is 158 Å². The Hall–Kier alpha value is -2.50. The number of carbonyl (C=O) groups is 1. The maximum absolute atomic E-state index is 13.4. The average molecular weight is 368 g/mol. The van der Waals surface area contributed by atoms with Gasteiger partial charge in [-0.15, -0.1) is 0 Å². The molecule has 4 rings (SSSR count). The van der Waals surface area contributed by atoms with Crippen LogP contribution in [0.3, 0.4) is 0 Å². The largest absolute Gasteiger partial charge is 0.368 e. The quantitative estimate of drug-likeness (QED) is 0.885. The van der Waals surface area contributed by atoms with Gasteiger partial charge in [-0.1, -0.05) is 25.0 Å². The highest BCUT2D eigenvalue weighted by Crippen LogP contribution is 2.38. The van der Waals surface area contributed by atoms with E-state index in [1.807, 2.05) is 4.90 Å². The van der Waals surface area contributed by atoms with Gasteiger partial charge in [0.1, 0.15) is 5.82 Å². The topological polar surface area (TPSA) is 72.1 Å². The van der Waals surface area contributed by atoms with E-state index in [1.54, 1.807) is 18.3 Å². The van der Waals surface area contributed by atoms with Crippen molar-refractivity contribution in [2.75, 3.05) is 12.3 Å². The molecule has 0 radical (unpaired) electrons. The fourth-order valence-corrected chi connectivity index (χ4v) is 4.40. The van der Waals surface area contributed by atoms with E-state index in [0.29, 0.717) is 0 Å². The fraction of sp³-hybridized carbons (Fsp3) is 0.476. The second kappa shape index (κ2) is 7.62. The van der Waals surface area contributed by atoms with Gasteiger partial charge in [0.05, 0.1) is 11.7 Å². The van der Waals surface area contributed by atoms with Crippen molar-refractivity contribution in [1.29, 1.82) is 0 Å². The number of hydrogen-bond acceptors (Lipinski definition) is 4. The van der Waals surface area contributed by atoms with Crippen LogP contribution in [0.1, 0.15) is 56.7 Å². The van der Waals surface area contributed by atoms with E-state index in [2.05, 4.69) is 9.97 Å². The molecule has 1 aliphatic heterocycles. The van der Waals surface area contributed by atoms with E-state index >= 15 is 0 Å². The molecular formula is C21H25FN4O. The maximum atomic E-state index is 13.4. The number of nitrogens with two attached hydrogens (primary N) is 1. The second-order valence-corrected chi connectivity index (χ2v) is 7.56. The Balaban J connectivity index is 1.72. The van der Waals surface area contributed by atoms with E-state index in [4.69, 9.17) is 5.73 Å². The lowest BCUT2D eigenvalue weighted by Crippen LogP contribution is -2.42. The van der Waals surface area contributed by atoms with Gasteiger partial charge in [-0.3, -0.25) is 4.79 Å². The summed E-state index contributed by atoms with van der Waals surface area (Å²) < 4.78 is 13.4. The van der Waals surface area contributed by atoms with Crippen molar-refractivity contribution in [2.24, 2.45) is 5.92 Å². The SMILES string of the molecule is Nc1ncc(-c2ccc(F)cc2)c([C@@H]2CCCCN2C(=O)C2CCCC2)n1. The first-order valence-electron chi connectivity index (χ1n) is 9.82. The zero-order valence-electron chi connectivity index (χ0n) is 15.4. The predicted molar refractivity (Wildman–Crippen MR) is 102 cm³/mol. The van der Waals surface area contributed by atoms with Crippen LogP contribution in [0, 0.1) is 11.7 Å². The third kappa shape index (κ3) is 3.66. The van der Waals surface area contributed by atoms with Gasteiger partial charge in [-0.2, -0.15) is 0 Å². The molecule has 2 fully saturated rings. The van der Waals surface area contributed by atoms with Crippen molar-refractivity contribution in [3.8, 4) is 11.1 Å². The molecule has 2 N–H and O–H groups in total. The Morgan fingerprint density at radius 1 is 1.07 bits per heavy atom. The molecule has 2 heterocycles. The van der Waals surface area contributed by atoms with Crippen LogP contribution in [-0.2, 0) is 4.79 Å². The smallest absolute Gasteiger partial charge is 0.226 e. The van der Waals surface area contributed by atoms with Crippen LogP contribution in [-0.4, -0.2) is 27.3 Å². The summed E-state index contributed by atoms with van der Waals surface area (Å²) in [5, 5.41) is 0. The lowest BCUT2D eigenvalue weighted by Gasteiger charge is -2.37. The minimum Gasteiger partial charge on any atom is -0.368 e. The molecule has 142 valence electrons. The number of benzene rings is 1. The molecule has 6 heteroatoms. The first-order chi connectivity index (χ1) is 13.1. The van der Waals surface area contributed by atoms with E-state index in [0.717, 1.165) is 68.3 Å². The summed E-state index contributed by atoms with van der Waals surface area (Å²) in [5.74, 6) is 0.306. The highest BCUT2D eigenvalue weighted by atomic mass is 19.1. The third-order valence-corrected chi connectivity index (χ3v) is 5.80. The molecule has 0 unspecified atom stereocenters. The van der Waals surface area contributed by atoms with Gasteiger partial charge in [0.15, 0.2) is 0 Å². The van der Waals surface area contributed by atoms with Gasteiger partial charge < -0.3 is 10.6 Å². The number of rotatable bonds is 3. The standard InChI is InChI=1S/C21H25FN4O/c22-16-10-8-14(9-11-16)17-13-24-21(23)25-19(17)18-7-3-4-12-26(18)20(27)15-5-1-2-6-15/h8-11,13,15,18H,1-7,12H2,(H2,23,24,25)/t18-/m0/s1. The van der Waals surface area contributed by atoms with Gasteiger partial charge in [0.25, 0.3) is 0 Å². The predicted octanol–water partition coefficient (Wildman–Crippen LogP) is 4.11. The van der Waals surface area contributed by atoms with Crippen LogP contribution in [0.25, 0.3) is 11.1 Å². The third-order valence-electron chi connectivity index (χ3n) is 5.80. The number of aromatic nitrogens is 2. The molecular weight excluding hydrogens is 343 g/mol. The Bertz CT molecular complexity index is 817. The number of likely N-dealkylation sites (tertiary alicyclic amines) is 1. The molecule has 1 aromatic carbocycles. The number of hydrogen-bond donors (Lipinski definition) is 1. The highest BCUT2D eigenvalue weighted by molar-refractivity contribution is 5.80. The molecule has 5 nitrogen and oxygen atoms in total. The van der Waals surface area contributed by atoms with Crippen LogP contribution in [0.2, 0.25) is 0 Å². The monoisotopic (exact) mass is 368 g/mol. The second-order valence-electron chi connectivity index (χ2n) is 7.56. The van der Waals surface area contributed by atoms with E-state index in [1.165, 1.54) is 12.1 Å². The summed E-state index contributed by atoms with van der Waals surface area (Å²) in [6.45, 7) is 0.757. The van der Waals surface area contributed by atoms with Crippen LogP contribution in [0.4, 0.5) is 10.3 Å². The number of carbonyl (C=O) groups excluding carboxylic acids is 1. The minimum atomic E-state index is -0.285. The van der Waals surface area contributed by atoms with E-state index in [9.17, 15) is 9.18 Å². The number of piperidine rings is 1. The van der Waals surface area contributed by atoms with Crippen LogP contribution >= 0.6 is 0 Å². The molecule has 1 atom stereocenters. The number of amides is 1. The molecule has 1 saturated heterocycles. The minimum absolute atomic E-state index is 0.0998. The summed E-state index contributed by atoms with van der Waals surface area (Å²) in [6, 6.07) is 6.20. The molecule has 27 heavy (non-hydrogen) atoms. The molecule has 1 amide bonds. The van der Waals surface area contributed by atoms with Gasteiger partial charge in [0, 0.05) is 24.2 Å². The van der Waals surface area contributed by atoms with Crippen molar-refractivity contribution in [2.45, 2.75) is 51.0 Å². The van der Waals surface area contributed by atoms with Gasteiger partial charge in [0.2, 0.25) is 11.9 Å². The molecule has 2 aliphatic rings. The molecule has 0 bridgehead atoms. The Kier molecular flexibility index (Phi) is 5.05. The fourth-order valence-electron chi connectivity index (χ4n) is 4.40. The normalized spacial score (nSPS) is 20.8. The lowest BCUT2D eigenvalue weighted by molar-refractivity contribution is -0.139. The molecule has 0 spiro atoms. The van der Waals surface area contributed by atoms with Gasteiger partial charge >= 0.3 is 0 Å². The summed E-state index contributed by atoms with van der Waals surface area (Å²) in [5.41, 5.74) is 8.33. The first kappa shape index (κ1) is 17.9. The Morgan fingerprint density at radius 3 is 2.52 bits per heavy atom. The molecule has 1 aromatic heterocycles. The highest BCUT2D eigenvalue weighted by Gasteiger charge is 2.35. The molecule has 2 aromatic rings. The number of nitrogen functional groups attached to an aromatic ring is 1. The summed E-state index contributed by atoms with van der Waals surface area (Å²) in [7, 11) is 0. The lowest BCUT2D eigenvalue weighted by atomic mass is 9.92. The van der Waals surface area contributed by atoms with Crippen molar-refractivity contribution in [3.05, 3.63) is 42.0 Å². The van der Waals surface area contributed by atoms with E-state index in [-0.39, 0.29) is 29.6 Å². The maximum Gasteiger partial charge on any atom is 0.226 e. The van der Waals surface area contributed by atoms with Gasteiger partial charge in [-0.25, -0.2) is 14.4 Å². The van der Waals surface area contributed by atoms with Crippen molar-refractivity contribution in [3.63, 3.8) is 0 Å². The van der Waals surface area contributed by atoms with Crippen LogP contribution in [0.5, 0.6) is 0 Å². The summed E-state index contributed by atoms with van der Waals surface area (Å²) in [6.07, 6.45) is 8.86. The van der Waals surface area contributed by atoms with Gasteiger partial charge in [-0.05, 0) is 49.8 Å². The van der Waals surface area contributed by atoms with Crippen LogP contribution < -0.4 is 5.73 Å². The number of anilines is 1. The van der Waals surface area contributed by atoms with Crippen LogP contribution in [0.15, 0.2) is 30.5 Å². The molecule has 1 aliphatic carbocycles. The number of nitrogens with zero attached hydrogens (tertiary/aromatic N) is 3. The first-order valence-corrected chi connectivity index (χ1v) is 9.82. The zero-order chi connectivity index (χ0) is 18.8. The van der Waals surface area contributed by atoms with E-state index < -0.39 is 0 Å².